The van der Waals surface area contributed by atoms with Gasteiger partial charge in [-0.15, -0.1) is 0 Å². The van der Waals surface area contributed by atoms with Crippen molar-refractivity contribution in [3.8, 4) is 5.75 Å². The van der Waals surface area contributed by atoms with Crippen LogP contribution in [0.4, 0.5) is 0 Å². The Bertz CT molecular complexity index is 539. The summed E-state index contributed by atoms with van der Waals surface area (Å²) in [5.41, 5.74) is -0.0164. The zero-order valence-corrected chi connectivity index (χ0v) is 12.3. The van der Waals surface area contributed by atoms with E-state index in [1.54, 1.807) is 12.1 Å². The van der Waals surface area contributed by atoms with Gasteiger partial charge >= 0.3 is 5.97 Å². The third-order valence-corrected chi connectivity index (χ3v) is 2.90. The van der Waals surface area contributed by atoms with Crippen LogP contribution in [0.3, 0.4) is 0 Å². The summed E-state index contributed by atoms with van der Waals surface area (Å²) in [6, 6.07) is 5.48. The van der Waals surface area contributed by atoms with Gasteiger partial charge in [-0.1, -0.05) is 26.0 Å². The lowest BCUT2D eigenvalue weighted by Gasteiger charge is -2.19. The molecule has 0 saturated carbocycles. The maximum Gasteiger partial charge on any atom is 0.339 e. The molecular weight excluding hydrogens is 274 g/mol. The molecule has 1 aromatic carbocycles. The second-order valence-corrected chi connectivity index (χ2v) is 4.99. The number of benzene rings is 1. The standard InChI is InChI=1S/C15H19NO5/c1-9(2)14(10(3)17)16-13(18)8-21-12-7-5-4-6-11(12)15(19)20/h4-7,9,14H,8H2,1-3H3,(H,16,18)(H,19,20). The highest BCUT2D eigenvalue weighted by Crippen LogP contribution is 2.17. The largest absolute Gasteiger partial charge is 0.483 e. The number of rotatable bonds is 7. The van der Waals surface area contributed by atoms with Gasteiger partial charge in [-0.25, -0.2) is 4.79 Å². The number of carbonyl (C=O) groups is 3. The molecule has 114 valence electrons. The smallest absolute Gasteiger partial charge is 0.339 e. The van der Waals surface area contributed by atoms with Gasteiger partial charge in [-0.05, 0) is 25.0 Å². The lowest BCUT2D eigenvalue weighted by atomic mass is 10.0. The van der Waals surface area contributed by atoms with Crippen LogP contribution in [0, 0.1) is 5.92 Å². The van der Waals surface area contributed by atoms with Gasteiger partial charge in [0.15, 0.2) is 12.4 Å². The van der Waals surface area contributed by atoms with Crippen molar-refractivity contribution in [1.29, 1.82) is 0 Å². The minimum Gasteiger partial charge on any atom is -0.483 e. The fourth-order valence-corrected chi connectivity index (χ4v) is 1.87. The van der Waals surface area contributed by atoms with Crippen LogP contribution in [-0.2, 0) is 9.59 Å². The molecule has 1 aromatic rings. The number of ether oxygens (including phenoxy) is 1. The van der Waals surface area contributed by atoms with Crippen molar-refractivity contribution < 1.29 is 24.2 Å². The van der Waals surface area contributed by atoms with Crippen molar-refractivity contribution in [1.82, 2.24) is 5.32 Å². The summed E-state index contributed by atoms with van der Waals surface area (Å²) >= 11 is 0. The average Bonchev–Trinajstić information content (AvgIpc) is 2.42. The lowest BCUT2D eigenvalue weighted by Crippen LogP contribution is -2.45. The first-order valence-electron chi connectivity index (χ1n) is 6.58. The maximum atomic E-state index is 11.8. The molecule has 6 heteroatoms. The van der Waals surface area contributed by atoms with Crippen molar-refractivity contribution in [3.05, 3.63) is 29.8 Å². The third-order valence-electron chi connectivity index (χ3n) is 2.90. The number of carboxylic acid groups (broad SMARTS) is 1. The van der Waals surface area contributed by atoms with Crippen LogP contribution in [0.1, 0.15) is 31.1 Å². The Balaban J connectivity index is 2.65. The number of amides is 1. The van der Waals surface area contributed by atoms with Crippen LogP contribution in [0.25, 0.3) is 0 Å². The summed E-state index contributed by atoms with van der Waals surface area (Å²) < 4.78 is 5.22. The summed E-state index contributed by atoms with van der Waals surface area (Å²) in [4.78, 5) is 34.2. The topological polar surface area (TPSA) is 92.7 Å². The number of carbonyl (C=O) groups excluding carboxylic acids is 2. The molecule has 1 rings (SSSR count). The molecule has 0 aliphatic rings. The Morgan fingerprint density at radius 3 is 2.38 bits per heavy atom. The van der Waals surface area contributed by atoms with Gasteiger partial charge in [0.1, 0.15) is 11.3 Å². The average molecular weight is 293 g/mol. The fraction of sp³-hybridized carbons (Fsp3) is 0.400. The van der Waals surface area contributed by atoms with E-state index in [0.717, 1.165) is 0 Å². The molecule has 1 unspecified atom stereocenters. The fourth-order valence-electron chi connectivity index (χ4n) is 1.87. The number of para-hydroxylation sites is 1. The van der Waals surface area contributed by atoms with E-state index < -0.39 is 17.9 Å². The molecule has 0 aromatic heterocycles. The number of ketones is 1. The quantitative estimate of drug-likeness (QED) is 0.794. The Morgan fingerprint density at radius 1 is 1.24 bits per heavy atom. The molecule has 0 spiro atoms. The Hall–Kier alpha value is -2.37. The summed E-state index contributed by atoms with van der Waals surface area (Å²) in [6.45, 7) is 4.71. The zero-order valence-electron chi connectivity index (χ0n) is 12.3. The van der Waals surface area contributed by atoms with E-state index in [2.05, 4.69) is 5.32 Å². The van der Waals surface area contributed by atoms with Crippen molar-refractivity contribution in [2.24, 2.45) is 5.92 Å². The number of Topliss-reactive ketones (excluding diaryl/α,β-unsaturated/α-hetero) is 1. The number of carboxylic acids is 1. The summed E-state index contributed by atoms with van der Waals surface area (Å²) in [7, 11) is 0. The van der Waals surface area contributed by atoms with Crippen LogP contribution >= 0.6 is 0 Å². The Labute approximate surface area is 123 Å². The number of nitrogens with one attached hydrogen (secondary N) is 1. The van der Waals surface area contributed by atoms with Crippen LogP contribution in [0.5, 0.6) is 5.75 Å². The molecule has 0 heterocycles. The van der Waals surface area contributed by atoms with Crippen LogP contribution in [0.2, 0.25) is 0 Å². The van der Waals surface area contributed by atoms with Gasteiger partial charge in [0.05, 0.1) is 6.04 Å². The van der Waals surface area contributed by atoms with Crippen LogP contribution < -0.4 is 10.1 Å². The minimum absolute atomic E-state index is 0.0164. The predicted octanol–water partition coefficient (Wildman–Crippen LogP) is 1.49. The maximum absolute atomic E-state index is 11.8. The number of hydrogen-bond donors (Lipinski definition) is 2. The lowest BCUT2D eigenvalue weighted by molar-refractivity contribution is -0.129. The molecule has 0 fully saturated rings. The van der Waals surface area contributed by atoms with E-state index in [0.29, 0.717) is 0 Å². The van der Waals surface area contributed by atoms with E-state index in [1.807, 2.05) is 13.8 Å². The van der Waals surface area contributed by atoms with Crippen molar-refractivity contribution in [2.75, 3.05) is 6.61 Å². The first kappa shape index (κ1) is 16.7. The molecule has 0 aliphatic carbocycles. The second-order valence-electron chi connectivity index (χ2n) is 4.99. The molecule has 1 atom stereocenters. The van der Waals surface area contributed by atoms with Gasteiger partial charge in [0.2, 0.25) is 0 Å². The molecule has 6 nitrogen and oxygen atoms in total. The van der Waals surface area contributed by atoms with Gasteiger partial charge in [-0.2, -0.15) is 0 Å². The SMILES string of the molecule is CC(=O)C(NC(=O)COc1ccccc1C(=O)O)C(C)C. The predicted molar refractivity (Wildman–Crippen MR) is 76.3 cm³/mol. The number of hydrogen-bond acceptors (Lipinski definition) is 4. The molecule has 0 aliphatic heterocycles. The normalized spacial score (nSPS) is 11.8. The Kier molecular flexibility index (Phi) is 5.90. The second kappa shape index (κ2) is 7.42. The zero-order chi connectivity index (χ0) is 16.0. The highest BCUT2D eigenvalue weighted by atomic mass is 16.5. The molecular formula is C15H19NO5. The van der Waals surface area contributed by atoms with Crippen molar-refractivity contribution >= 4 is 17.7 Å². The van der Waals surface area contributed by atoms with E-state index in [-0.39, 0.29) is 29.6 Å². The van der Waals surface area contributed by atoms with Crippen LogP contribution in [-0.4, -0.2) is 35.4 Å². The summed E-state index contributed by atoms with van der Waals surface area (Å²) in [5, 5.41) is 11.6. The molecule has 0 saturated heterocycles. The highest BCUT2D eigenvalue weighted by Gasteiger charge is 2.21. The van der Waals surface area contributed by atoms with Crippen molar-refractivity contribution in [2.45, 2.75) is 26.8 Å². The van der Waals surface area contributed by atoms with Gasteiger partial charge in [0.25, 0.3) is 5.91 Å². The third kappa shape index (κ3) is 4.91. The monoisotopic (exact) mass is 293 g/mol. The molecule has 1 amide bonds. The first-order chi connectivity index (χ1) is 9.82. The molecule has 2 N–H and O–H groups in total. The molecule has 21 heavy (non-hydrogen) atoms. The first-order valence-corrected chi connectivity index (χ1v) is 6.58. The van der Waals surface area contributed by atoms with Crippen molar-refractivity contribution in [3.63, 3.8) is 0 Å². The molecule has 0 radical (unpaired) electrons. The minimum atomic E-state index is -1.13. The Morgan fingerprint density at radius 2 is 1.86 bits per heavy atom. The van der Waals surface area contributed by atoms with Gasteiger partial charge in [0, 0.05) is 0 Å². The van der Waals surface area contributed by atoms with E-state index in [9.17, 15) is 14.4 Å². The summed E-state index contributed by atoms with van der Waals surface area (Å²) in [6.07, 6.45) is 0. The summed E-state index contributed by atoms with van der Waals surface area (Å²) in [5.74, 6) is -1.65. The van der Waals surface area contributed by atoms with Gasteiger partial charge in [-0.3, -0.25) is 9.59 Å². The van der Waals surface area contributed by atoms with E-state index in [1.165, 1.54) is 19.1 Å². The number of aromatic carboxylic acids is 1. The van der Waals surface area contributed by atoms with Gasteiger partial charge < -0.3 is 15.2 Å². The molecule has 0 bridgehead atoms. The van der Waals surface area contributed by atoms with Crippen LogP contribution in [0.15, 0.2) is 24.3 Å². The highest BCUT2D eigenvalue weighted by molar-refractivity contribution is 5.91. The van der Waals surface area contributed by atoms with E-state index in [4.69, 9.17) is 9.84 Å². The van der Waals surface area contributed by atoms with E-state index >= 15 is 0 Å².